The second-order valence-electron chi connectivity index (χ2n) is 3.38. The van der Waals surface area contributed by atoms with Gasteiger partial charge in [0, 0.05) is 16.7 Å². The minimum atomic E-state index is -0.503. The van der Waals surface area contributed by atoms with Gasteiger partial charge in [0.05, 0.1) is 15.6 Å². The van der Waals surface area contributed by atoms with Crippen molar-refractivity contribution in [2.45, 2.75) is 0 Å². The molecular weight excluding hydrogens is 321 g/mol. The summed E-state index contributed by atoms with van der Waals surface area (Å²) in [6, 6.07) is 8.34. The van der Waals surface area contributed by atoms with Gasteiger partial charge in [-0.25, -0.2) is 4.98 Å². The first-order chi connectivity index (χ1) is 8.58. The van der Waals surface area contributed by atoms with Crippen molar-refractivity contribution >= 4 is 44.7 Å². The summed E-state index contributed by atoms with van der Waals surface area (Å²) in [5.41, 5.74) is 0.446. The Morgan fingerprint density at radius 2 is 2.11 bits per heavy atom. The van der Waals surface area contributed by atoms with E-state index < -0.39 is 4.92 Å². The monoisotopic (exact) mass is 327 g/mol. The Morgan fingerprint density at radius 3 is 2.78 bits per heavy atom. The minimum absolute atomic E-state index is 0.121. The summed E-state index contributed by atoms with van der Waals surface area (Å²) in [4.78, 5) is 14.4. The molecule has 1 heterocycles. The third-order valence-electron chi connectivity index (χ3n) is 2.16. The Balaban J connectivity index is 2.41. The highest BCUT2D eigenvalue weighted by molar-refractivity contribution is 9.10. The van der Waals surface area contributed by atoms with Crippen molar-refractivity contribution in [3.8, 4) is 0 Å². The van der Waals surface area contributed by atoms with Crippen LogP contribution in [0.3, 0.4) is 0 Å². The highest BCUT2D eigenvalue weighted by Crippen LogP contribution is 2.30. The van der Waals surface area contributed by atoms with Crippen LogP contribution in [0.1, 0.15) is 0 Å². The van der Waals surface area contributed by atoms with Crippen molar-refractivity contribution in [2.75, 3.05) is 5.32 Å². The van der Waals surface area contributed by atoms with Crippen molar-refractivity contribution in [3.63, 3.8) is 0 Å². The van der Waals surface area contributed by atoms with E-state index in [1.807, 2.05) is 0 Å². The minimum Gasteiger partial charge on any atom is -0.333 e. The predicted molar refractivity (Wildman–Crippen MR) is 73.3 cm³/mol. The van der Waals surface area contributed by atoms with Gasteiger partial charge in [0.15, 0.2) is 0 Å². The molecule has 0 bridgehead atoms. The van der Waals surface area contributed by atoms with Gasteiger partial charge in [-0.3, -0.25) is 10.1 Å². The van der Waals surface area contributed by atoms with Crippen LogP contribution in [-0.4, -0.2) is 9.91 Å². The quantitative estimate of drug-likeness (QED) is 0.679. The van der Waals surface area contributed by atoms with E-state index in [1.165, 1.54) is 12.3 Å². The lowest BCUT2D eigenvalue weighted by Crippen LogP contribution is -1.99. The molecule has 7 heteroatoms. The van der Waals surface area contributed by atoms with Crippen LogP contribution in [0, 0.1) is 10.1 Å². The van der Waals surface area contributed by atoms with Crippen molar-refractivity contribution in [1.82, 2.24) is 4.98 Å². The van der Waals surface area contributed by atoms with Gasteiger partial charge in [-0.05, 0) is 28.1 Å². The fourth-order valence-electron chi connectivity index (χ4n) is 1.35. The summed E-state index contributed by atoms with van der Waals surface area (Å²) in [6.45, 7) is 0. The van der Waals surface area contributed by atoms with Crippen LogP contribution in [-0.2, 0) is 0 Å². The molecule has 92 valence electrons. The number of halogens is 2. The van der Waals surface area contributed by atoms with Gasteiger partial charge in [-0.15, -0.1) is 0 Å². The Bertz CT molecular complexity index is 607. The fourth-order valence-corrected chi connectivity index (χ4v) is 1.86. The van der Waals surface area contributed by atoms with E-state index in [4.69, 9.17) is 11.6 Å². The molecular formula is C11H7BrClN3O2. The molecule has 2 aromatic rings. The zero-order chi connectivity index (χ0) is 13.1. The van der Waals surface area contributed by atoms with E-state index in [2.05, 4.69) is 26.2 Å². The van der Waals surface area contributed by atoms with Gasteiger partial charge >= 0.3 is 5.69 Å². The summed E-state index contributed by atoms with van der Waals surface area (Å²) in [5, 5.41) is 14.2. The van der Waals surface area contributed by atoms with Crippen LogP contribution in [0.15, 0.2) is 41.0 Å². The Kier molecular flexibility index (Phi) is 3.78. The molecule has 1 N–H and O–H groups in total. The molecule has 18 heavy (non-hydrogen) atoms. The molecule has 0 amide bonds. The van der Waals surface area contributed by atoms with Crippen molar-refractivity contribution in [1.29, 1.82) is 0 Å². The lowest BCUT2D eigenvalue weighted by molar-refractivity contribution is -0.384. The van der Waals surface area contributed by atoms with Crippen molar-refractivity contribution in [2.24, 2.45) is 0 Å². The fraction of sp³-hybridized carbons (Fsp3) is 0. The number of aromatic nitrogens is 1. The second kappa shape index (κ2) is 5.32. The maximum Gasteiger partial charge on any atom is 0.312 e. The van der Waals surface area contributed by atoms with Crippen LogP contribution in [0.4, 0.5) is 17.2 Å². The number of hydrogen-bond donors (Lipinski definition) is 1. The van der Waals surface area contributed by atoms with Crippen LogP contribution >= 0.6 is 27.5 Å². The number of pyridine rings is 1. The van der Waals surface area contributed by atoms with Gasteiger partial charge in [-0.2, -0.15) is 0 Å². The van der Waals surface area contributed by atoms with Crippen LogP contribution < -0.4 is 5.32 Å². The Morgan fingerprint density at radius 1 is 1.39 bits per heavy atom. The molecule has 0 saturated carbocycles. The number of nitrogens with one attached hydrogen (secondary N) is 1. The molecule has 0 aliphatic rings. The number of hydrogen-bond acceptors (Lipinski definition) is 4. The smallest absolute Gasteiger partial charge is 0.312 e. The normalized spacial score (nSPS) is 10.1. The highest BCUT2D eigenvalue weighted by atomic mass is 79.9. The summed E-state index contributed by atoms with van der Waals surface area (Å²) in [6.07, 6.45) is 1.48. The standard InChI is InChI=1S/C11H7BrClN3O2/c12-7-5-10(16(17)18)11(14-6-7)15-9-4-2-1-3-8(9)13/h1-6H,(H,14,15). The van der Waals surface area contributed by atoms with Gasteiger partial charge in [0.25, 0.3) is 0 Å². The predicted octanol–water partition coefficient (Wildman–Crippen LogP) is 4.15. The lowest BCUT2D eigenvalue weighted by Gasteiger charge is -2.07. The van der Waals surface area contributed by atoms with Gasteiger partial charge in [0.2, 0.25) is 5.82 Å². The molecule has 1 aromatic carbocycles. The molecule has 5 nitrogen and oxygen atoms in total. The first-order valence-electron chi connectivity index (χ1n) is 4.89. The molecule has 0 aliphatic carbocycles. The summed E-state index contributed by atoms with van der Waals surface area (Å²) < 4.78 is 0.541. The molecule has 0 radical (unpaired) electrons. The van der Waals surface area contributed by atoms with Gasteiger partial charge in [0.1, 0.15) is 0 Å². The summed E-state index contributed by atoms with van der Waals surface area (Å²) in [5.74, 6) is 0.149. The zero-order valence-corrected chi connectivity index (χ0v) is 11.3. The van der Waals surface area contributed by atoms with E-state index in [0.29, 0.717) is 15.2 Å². The molecule has 1 aromatic heterocycles. The molecule has 0 spiro atoms. The summed E-state index contributed by atoms with van der Waals surface area (Å²) in [7, 11) is 0. The highest BCUT2D eigenvalue weighted by Gasteiger charge is 2.16. The number of benzene rings is 1. The Labute approximate surface area is 116 Å². The van der Waals surface area contributed by atoms with Crippen LogP contribution in [0.25, 0.3) is 0 Å². The third-order valence-corrected chi connectivity index (χ3v) is 2.92. The van der Waals surface area contributed by atoms with E-state index in [1.54, 1.807) is 24.3 Å². The number of rotatable bonds is 3. The first kappa shape index (κ1) is 12.8. The first-order valence-corrected chi connectivity index (χ1v) is 6.06. The molecule has 0 saturated heterocycles. The van der Waals surface area contributed by atoms with E-state index >= 15 is 0 Å². The van der Waals surface area contributed by atoms with E-state index in [9.17, 15) is 10.1 Å². The third kappa shape index (κ3) is 2.77. The van der Waals surface area contributed by atoms with Gasteiger partial charge in [-0.1, -0.05) is 23.7 Å². The summed E-state index contributed by atoms with van der Waals surface area (Å²) >= 11 is 9.11. The van der Waals surface area contributed by atoms with E-state index in [0.717, 1.165) is 0 Å². The van der Waals surface area contributed by atoms with Crippen LogP contribution in [0.5, 0.6) is 0 Å². The number of anilines is 2. The second-order valence-corrected chi connectivity index (χ2v) is 4.71. The SMILES string of the molecule is O=[N+]([O-])c1cc(Br)cnc1Nc1ccccc1Cl. The number of nitro groups is 1. The molecule has 2 rings (SSSR count). The largest absolute Gasteiger partial charge is 0.333 e. The molecule has 0 unspecified atom stereocenters. The molecule has 0 atom stereocenters. The van der Waals surface area contributed by atoms with Gasteiger partial charge < -0.3 is 5.32 Å². The lowest BCUT2D eigenvalue weighted by atomic mass is 10.3. The topological polar surface area (TPSA) is 68.1 Å². The van der Waals surface area contributed by atoms with Crippen LogP contribution in [0.2, 0.25) is 5.02 Å². The maximum atomic E-state index is 10.9. The zero-order valence-electron chi connectivity index (χ0n) is 8.93. The van der Waals surface area contributed by atoms with Crippen molar-refractivity contribution < 1.29 is 4.92 Å². The average molecular weight is 329 g/mol. The average Bonchev–Trinajstić information content (AvgIpc) is 2.34. The van der Waals surface area contributed by atoms with E-state index in [-0.39, 0.29) is 11.5 Å². The number of nitrogens with zero attached hydrogens (tertiary/aromatic N) is 2. The Hall–Kier alpha value is -1.66. The molecule has 0 aliphatic heterocycles. The maximum absolute atomic E-state index is 10.9. The molecule has 0 fully saturated rings. The van der Waals surface area contributed by atoms with Crippen molar-refractivity contribution in [3.05, 3.63) is 56.1 Å². The number of para-hydroxylation sites is 1.